The number of amides is 1. The number of anilines is 1. The Morgan fingerprint density at radius 2 is 1.94 bits per heavy atom. The highest BCUT2D eigenvalue weighted by molar-refractivity contribution is 6.31. The lowest BCUT2D eigenvalue weighted by atomic mass is 10.2. The Labute approximate surface area is 97.9 Å². The number of aliphatic hydroxyl groups is 1. The van der Waals surface area contributed by atoms with Crippen LogP contribution < -0.4 is 9.64 Å². The van der Waals surface area contributed by atoms with Gasteiger partial charge in [0.1, 0.15) is 11.3 Å². The van der Waals surface area contributed by atoms with E-state index < -0.39 is 5.91 Å². The maximum absolute atomic E-state index is 11.7. The molecule has 17 heavy (non-hydrogen) atoms. The largest absolute Gasteiger partial charge is 0.515 e. The smallest absolute Gasteiger partial charge is 0.265 e. The topological polar surface area (TPSA) is 66.8 Å². The van der Waals surface area contributed by atoms with E-state index in [1.54, 1.807) is 31.4 Å². The summed E-state index contributed by atoms with van der Waals surface area (Å²) >= 11 is 0. The number of Topliss-reactive ketones (excluding diaryl/α,β-unsaturated/α-hetero) is 1. The van der Waals surface area contributed by atoms with E-state index in [4.69, 9.17) is 9.84 Å². The van der Waals surface area contributed by atoms with Gasteiger partial charge < -0.3 is 14.7 Å². The summed E-state index contributed by atoms with van der Waals surface area (Å²) in [6.45, 7) is -0.0441. The van der Waals surface area contributed by atoms with Crippen LogP contribution in [0, 0.1) is 0 Å². The van der Waals surface area contributed by atoms with Gasteiger partial charge in [-0.2, -0.15) is 0 Å². The summed E-state index contributed by atoms with van der Waals surface area (Å²) in [5.41, 5.74) is 0.418. The number of benzene rings is 1. The number of nitrogens with zero attached hydrogens (tertiary/aromatic N) is 1. The van der Waals surface area contributed by atoms with Crippen LogP contribution in [0.3, 0.4) is 0 Å². The van der Waals surface area contributed by atoms with E-state index in [9.17, 15) is 9.59 Å². The number of rotatable bonds is 2. The highest BCUT2D eigenvalue weighted by Crippen LogP contribution is 2.24. The van der Waals surface area contributed by atoms with Crippen molar-refractivity contribution in [3.05, 3.63) is 36.1 Å². The number of hydrogen-bond acceptors (Lipinski definition) is 4. The minimum absolute atomic E-state index is 0.0441. The number of carbonyl (C=O) groups excluding carboxylic acids is 2. The zero-order valence-corrected chi connectivity index (χ0v) is 9.21. The fourth-order valence-corrected chi connectivity index (χ4v) is 1.66. The van der Waals surface area contributed by atoms with Gasteiger partial charge in [0.05, 0.1) is 19.9 Å². The molecule has 5 heteroatoms. The molecule has 2 rings (SSSR count). The van der Waals surface area contributed by atoms with Crippen LogP contribution >= 0.6 is 0 Å². The molecule has 0 radical (unpaired) electrons. The number of ether oxygens (including phenoxy) is 1. The first kappa shape index (κ1) is 11.2. The molecule has 1 aromatic rings. The van der Waals surface area contributed by atoms with Crippen LogP contribution in [-0.4, -0.2) is 30.5 Å². The Hall–Kier alpha value is -2.30. The zero-order valence-electron chi connectivity index (χ0n) is 9.21. The molecule has 88 valence electrons. The molecule has 0 saturated carbocycles. The van der Waals surface area contributed by atoms with Crippen LogP contribution in [0.15, 0.2) is 36.1 Å². The third-order valence-corrected chi connectivity index (χ3v) is 2.59. The normalized spacial score (nSPS) is 17.9. The molecule has 0 bridgehead atoms. The predicted octanol–water partition coefficient (Wildman–Crippen LogP) is 1.05. The van der Waals surface area contributed by atoms with Gasteiger partial charge in [0.2, 0.25) is 0 Å². The fourth-order valence-electron chi connectivity index (χ4n) is 1.66. The van der Waals surface area contributed by atoms with Crippen LogP contribution in [-0.2, 0) is 9.59 Å². The summed E-state index contributed by atoms with van der Waals surface area (Å²) in [5.74, 6) is -0.194. The highest BCUT2D eigenvalue weighted by atomic mass is 16.5. The number of aliphatic hydroxyl groups excluding tert-OH is 1. The van der Waals surface area contributed by atoms with Gasteiger partial charge in [-0.25, -0.2) is 0 Å². The molecule has 1 amide bonds. The van der Waals surface area contributed by atoms with Gasteiger partial charge in [-0.1, -0.05) is 0 Å². The second-order valence-electron chi connectivity index (χ2n) is 3.56. The molecule has 1 fully saturated rings. The molecule has 0 aromatic heterocycles. The molecule has 5 nitrogen and oxygen atoms in total. The third-order valence-electron chi connectivity index (χ3n) is 2.59. The van der Waals surface area contributed by atoms with E-state index in [1.165, 1.54) is 4.90 Å². The molecule has 1 saturated heterocycles. The monoisotopic (exact) mass is 233 g/mol. The standard InChI is InChI=1S/C12H11NO4/c1-17-9-4-2-8(3-5-9)13-6-11(15)10(7-14)12(13)16/h2-5,7,14H,6H2,1H3/b10-7-. The van der Waals surface area contributed by atoms with Gasteiger partial charge in [0.25, 0.3) is 5.91 Å². The molecule has 0 aliphatic carbocycles. The minimum Gasteiger partial charge on any atom is -0.515 e. The number of hydrogen-bond donors (Lipinski definition) is 1. The molecule has 0 spiro atoms. The van der Waals surface area contributed by atoms with Crippen molar-refractivity contribution in [3.63, 3.8) is 0 Å². The minimum atomic E-state index is -0.484. The van der Waals surface area contributed by atoms with Crippen LogP contribution in [0.5, 0.6) is 5.75 Å². The van der Waals surface area contributed by atoms with Gasteiger partial charge in [-0.15, -0.1) is 0 Å². The molecule has 1 aliphatic rings. The number of ketones is 1. The first-order valence-corrected chi connectivity index (χ1v) is 5.01. The van der Waals surface area contributed by atoms with Gasteiger partial charge in [-0.3, -0.25) is 9.59 Å². The Kier molecular flexibility index (Phi) is 2.82. The second-order valence-corrected chi connectivity index (χ2v) is 3.56. The molecule has 0 atom stereocenters. The Morgan fingerprint density at radius 1 is 1.29 bits per heavy atom. The lowest BCUT2D eigenvalue weighted by molar-refractivity contribution is -0.116. The van der Waals surface area contributed by atoms with E-state index in [2.05, 4.69) is 0 Å². The van der Waals surface area contributed by atoms with Crippen molar-refractivity contribution < 1.29 is 19.4 Å². The summed E-state index contributed by atoms with van der Waals surface area (Å²) in [6.07, 6.45) is 0.564. The van der Waals surface area contributed by atoms with Crippen molar-refractivity contribution in [2.45, 2.75) is 0 Å². The maximum atomic E-state index is 11.7. The van der Waals surface area contributed by atoms with E-state index in [1.807, 2.05) is 0 Å². The van der Waals surface area contributed by atoms with E-state index in [0.717, 1.165) is 0 Å². The van der Waals surface area contributed by atoms with Crippen molar-refractivity contribution in [2.75, 3.05) is 18.6 Å². The van der Waals surface area contributed by atoms with Crippen LogP contribution in [0.2, 0.25) is 0 Å². The van der Waals surface area contributed by atoms with Crippen molar-refractivity contribution in [3.8, 4) is 5.75 Å². The van der Waals surface area contributed by atoms with Gasteiger partial charge in [0.15, 0.2) is 5.78 Å². The van der Waals surface area contributed by atoms with Crippen LogP contribution in [0.25, 0.3) is 0 Å². The third kappa shape index (κ3) is 1.87. The average molecular weight is 233 g/mol. The number of carbonyl (C=O) groups is 2. The van der Waals surface area contributed by atoms with Crippen LogP contribution in [0.1, 0.15) is 0 Å². The molecular weight excluding hydrogens is 222 g/mol. The maximum Gasteiger partial charge on any atom is 0.265 e. The summed E-state index contributed by atoms with van der Waals surface area (Å²) in [7, 11) is 1.55. The van der Waals surface area contributed by atoms with Crippen molar-refractivity contribution >= 4 is 17.4 Å². The summed E-state index contributed by atoms with van der Waals surface area (Å²) in [5, 5.41) is 8.80. The highest BCUT2D eigenvalue weighted by Gasteiger charge is 2.34. The Balaban J connectivity index is 2.29. The van der Waals surface area contributed by atoms with Gasteiger partial charge >= 0.3 is 0 Å². The summed E-state index contributed by atoms with van der Waals surface area (Å²) in [4.78, 5) is 24.5. The average Bonchev–Trinajstić information content (AvgIpc) is 2.64. The first-order valence-electron chi connectivity index (χ1n) is 5.01. The van der Waals surface area contributed by atoms with E-state index >= 15 is 0 Å². The Morgan fingerprint density at radius 3 is 2.41 bits per heavy atom. The first-order chi connectivity index (χ1) is 8.17. The lowest BCUT2D eigenvalue weighted by Gasteiger charge is -2.14. The SMILES string of the molecule is COc1ccc(N2CC(=O)/C(=C/O)C2=O)cc1. The van der Waals surface area contributed by atoms with Crippen molar-refractivity contribution in [1.29, 1.82) is 0 Å². The van der Waals surface area contributed by atoms with Crippen molar-refractivity contribution in [1.82, 2.24) is 0 Å². The lowest BCUT2D eigenvalue weighted by Crippen LogP contribution is -2.24. The molecular formula is C12H11NO4. The zero-order chi connectivity index (χ0) is 12.4. The summed E-state index contributed by atoms with van der Waals surface area (Å²) < 4.78 is 5.00. The molecule has 1 N–H and O–H groups in total. The fraction of sp³-hybridized carbons (Fsp3) is 0.167. The van der Waals surface area contributed by atoms with Crippen molar-refractivity contribution in [2.24, 2.45) is 0 Å². The van der Waals surface area contributed by atoms with Gasteiger partial charge in [-0.05, 0) is 24.3 Å². The molecule has 1 heterocycles. The van der Waals surface area contributed by atoms with E-state index in [-0.39, 0.29) is 17.9 Å². The van der Waals surface area contributed by atoms with Crippen LogP contribution in [0.4, 0.5) is 5.69 Å². The Bertz CT molecular complexity index is 490. The number of methoxy groups -OCH3 is 1. The van der Waals surface area contributed by atoms with E-state index in [0.29, 0.717) is 17.7 Å². The summed E-state index contributed by atoms with van der Waals surface area (Å²) in [6, 6.07) is 6.77. The van der Waals surface area contributed by atoms with Gasteiger partial charge in [0, 0.05) is 5.69 Å². The molecule has 1 aromatic carbocycles. The predicted molar refractivity (Wildman–Crippen MR) is 61.1 cm³/mol. The quantitative estimate of drug-likeness (QED) is 0.471. The second kappa shape index (κ2) is 4.29. The molecule has 0 unspecified atom stereocenters. The molecule has 1 aliphatic heterocycles.